The maximum atomic E-state index is 13.5. The molecule has 1 unspecified atom stereocenters. The molecule has 6 nitrogen and oxygen atoms in total. The van der Waals surface area contributed by atoms with Crippen LogP contribution >= 0.6 is 0 Å². The van der Waals surface area contributed by atoms with Crippen molar-refractivity contribution in [2.45, 2.75) is 18.9 Å². The predicted molar refractivity (Wildman–Crippen MR) is 83.0 cm³/mol. The highest BCUT2D eigenvalue weighted by Crippen LogP contribution is 2.16. The first-order valence-corrected chi connectivity index (χ1v) is 7.46. The molecule has 2 heterocycles. The van der Waals surface area contributed by atoms with E-state index in [1.807, 2.05) is 0 Å². The predicted octanol–water partition coefficient (Wildman–Crippen LogP) is 2.27. The van der Waals surface area contributed by atoms with Gasteiger partial charge in [0, 0.05) is 25.5 Å². The number of rotatable bonds is 5. The summed E-state index contributed by atoms with van der Waals surface area (Å²) in [6.07, 6.45) is 4.88. The second-order valence-electron chi connectivity index (χ2n) is 5.25. The lowest BCUT2D eigenvalue weighted by molar-refractivity contribution is 0.0857. The topological polar surface area (TPSA) is 76.1 Å². The Bertz CT molecular complexity index is 672. The number of nitrogens with one attached hydrogen (secondary N) is 2. The normalized spacial score (nSPS) is 17.0. The summed E-state index contributed by atoms with van der Waals surface area (Å²) < 4.78 is 19.0. The van der Waals surface area contributed by atoms with Gasteiger partial charge in [-0.2, -0.15) is 0 Å². The zero-order chi connectivity index (χ0) is 16.1. The van der Waals surface area contributed by atoms with Crippen molar-refractivity contribution in [2.24, 2.45) is 0 Å². The van der Waals surface area contributed by atoms with Crippen molar-refractivity contribution in [3.05, 3.63) is 48.0 Å². The van der Waals surface area contributed by atoms with Gasteiger partial charge in [-0.15, -0.1) is 0 Å². The van der Waals surface area contributed by atoms with Crippen molar-refractivity contribution < 1.29 is 13.9 Å². The van der Waals surface area contributed by atoms with Crippen LogP contribution < -0.4 is 10.6 Å². The van der Waals surface area contributed by atoms with Crippen LogP contribution in [0.5, 0.6) is 0 Å². The molecule has 3 rings (SSSR count). The van der Waals surface area contributed by atoms with Crippen LogP contribution in [0, 0.1) is 5.82 Å². The van der Waals surface area contributed by atoms with Gasteiger partial charge >= 0.3 is 0 Å². The molecule has 1 aliphatic rings. The highest BCUT2D eigenvalue weighted by atomic mass is 19.1. The van der Waals surface area contributed by atoms with Gasteiger partial charge in [0.1, 0.15) is 5.82 Å². The van der Waals surface area contributed by atoms with Crippen LogP contribution in [0.2, 0.25) is 0 Å². The molecule has 120 valence electrons. The third-order valence-electron chi connectivity index (χ3n) is 3.55. The Balaban J connectivity index is 1.58. The molecule has 0 spiro atoms. The van der Waals surface area contributed by atoms with E-state index in [9.17, 15) is 9.18 Å². The first-order chi connectivity index (χ1) is 11.2. The molecule has 1 aromatic carbocycles. The van der Waals surface area contributed by atoms with Crippen molar-refractivity contribution in [3.63, 3.8) is 0 Å². The number of para-hydroxylation sites is 1. The van der Waals surface area contributed by atoms with Crippen LogP contribution in [-0.4, -0.2) is 35.1 Å². The fraction of sp³-hybridized carbons (Fsp3) is 0.312. The van der Waals surface area contributed by atoms with Gasteiger partial charge in [0.05, 0.1) is 17.4 Å². The monoisotopic (exact) mass is 316 g/mol. The van der Waals surface area contributed by atoms with Crippen LogP contribution in [0.1, 0.15) is 23.2 Å². The van der Waals surface area contributed by atoms with E-state index in [1.165, 1.54) is 18.5 Å². The fourth-order valence-electron chi connectivity index (χ4n) is 2.31. The third kappa shape index (κ3) is 4.01. The Kier molecular flexibility index (Phi) is 4.77. The number of halogens is 1. The van der Waals surface area contributed by atoms with Gasteiger partial charge in [-0.05, 0) is 25.0 Å². The number of carbonyl (C=O) groups is 1. The lowest BCUT2D eigenvalue weighted by atomic mass is 10.2. The molecule has 2 aromatic rings. The molecule has 1 aliphatic heterocycles. The molecule has 1 amide bonds. The van der Waals surface area contributed by atoms with Crippen LogP contribution in [0.25, 0.3) is 0 Å². The van der Waals surface area contributed by atoms with E-state index in [2.05, 4.69) is 20.6 Å². The maximum Gasteiger partial charge on any atom is 0.254 e. The molecule has 0 saturated carbocycles. The number of aromatic nitrogens is 2. The van der Waals surface area contributed by atoms with Crippen LogP contribution in [0.15, 0.2) is 36.7 Å². The Morgan fingerprint density at radius 1 is 1.30 bits per heavy atom. The summed E-state index contributed by atoms with van der Waals surface area (Å²) in [5.41, 5.74) is 0.630. The van der Waals surface area contributed by atoms with E-state index in [4.69, 9.17) is 4.74 Å². The van der Waals surface area contributed by atoms with Crippen molar-refractivity contribution in [1.29, 1.82) is 0 Å². The molecular weight excluding hydrogens is 299 g/mol. The zero-order valence-electron chi connectivity index (χ0n) is 12.5. The molecule has 1 atom stereocenters. The minimum atomic E-state index is -0.394. The Morgan fingerprint density at radius 2 is 2.09 bits per heavy atom. The van der Waals surface area contributed by atoms with Gasteiger partial charge in [-0.25, -0.2) is 14.4 Å². The standard InChI is InChI=1S/C16H17FN4O2/c17-13-5-1-2-6-14(13)21-16-19-8-11(9-20-16)15(22)18-10-12-4-3-7-23-12/h1-2,5-6,8-9,12H,3-4,7,10H2,(H,18,22)(H,19,20,21). The number of amides is 1. The molecule has 1 saturated heterocycles. The summed E-state index contributed by atoms with van der Waals surface area (Å²) in [6.45, 7) is 1.23. The van der Waals surface area contributed by atoms with Gasteiger partial charge in [0.2, 0.25) is 5.95 Å². The number of hydrogen-bond donors (Lipinski definition) is 2. The molecule has 23 heavy (non-hydrogen) atoms. The summed E-state index contributed by atoms with van der Waals surface area (Å²) >= 11 is 0. The first kappa shape index (κ1) is 15.4. The maximum absolute atomic E-state index is 13.5. The van der Waals surface area contributed by atoms with Gasteiger partial charge in [-0.3, -0.25) is 4.79 Å². The number of anilines is 2. The largest absolute Gasteiger partial charge is 0.376 e. The molecular formula is C16H17FN4O2. The fourth-order valence-corrected chi connectivity index (χ4v) is 2.31. The number of benzene rings is 1. The zero-order valence-corrected chi connectivity index (χ0v) is 12.5. The average molecular weight is 316 g/mol. The SMILES string of the molecule is O=C(NCC1CCCO1)c1cnc(Nc2ccccc2F)nc1. The Labute approximate surface area is 133 Å². The number of nitrogens with zero attached hydrogens (tertiary/aromatic N) is 2. The molecule has 0 radical (unpaired) electrons. The number of carbonyl (C=O) groups excluding carboxylic acids is 1. The summed E-state index contributed by atoms with van der Waals surface area (Å²) in [5.74, 6) is -0.418. The molecule has 0 bridgehead atoms. The van der Waals surface area contributed by atoms with E-state index >= 15 is 0 Å². The van der Waals surface area contributed by atoms with Crippen LogP contribution in [0.4, 0.5) is 16.0 Å². The van der Waals surface area contributed by atoms with Crippen molar-refractivity contribution in [2.75, 3.05) is 18.5 Å². The van der Waals surface area contributed by atoms with E-state index < -0.39 is 5.82 Å². The Morgan fingerprint density at radius 3 is 2.78 bits per heavy atom. The highest BCUT2D eigenvalue weighted by molar-refractivity contribution is 5.93. The van der Waals surface area contributed by atoms with E-state index in [0.717, 1.165) is 19.4 Å². The van der Waals surface area contributed by atoms with Crippen molar-refractivity contribution in [3.8, 4) is 0 Å². The summed E-state index contributed by atoms with van der Waals surface area (Å²) in [5, 5.41) is 5.56. The molecule has 0 aliphatic carbocycles. The first-order valence-electron chi connectivity index (χ1n) is 7.46. The molecule has 7 heteroatoms. The second-order valence-corrected chi connectivity index (χ2v) is 5.25. The van der Waals surface area contributed by atoms with E-state index in [0.29, 0.717) is 12.1 Å². The smallest absolute Gasteiger partial charge is 0.254 e. The van der Waals surface area contributed by atoms with Crippen molar-refractivity contribution in [1.82, 2.24) is 15.3 Å². The highest BCUT2D eigenvalue weighted by Gasteiger charge is 2.17. The van der Waals surface area contributed by atoms with Gasteiger partial charge in [0.25, 0.3) is 5.91 Å². The lowest BCUT2D eigenvalue weighted by Gasteiger charge is -2.10. The number of hydrogen-bond acceptors (Lipinski definition) is 5. The average Bonchev–Trinajstić information content (AvgIpc) is 3.09. The second kappa shape index (κ2) is 7.15. The minimum Gasteiger partial charge on any atom is -0.376 e. The molecule has 1 fully saturated rings. The Hall–Kier alpha value is -2.54. The quantitative estimate of drug-likeness (QED) is 0.885. The van der Waals surface area contributed by atoms with Gasteiger partial charge < -0.3 is 15.4 Å². The summed E-state index contributed by atoms with van der Waals surface area (Å²) in [7, 11) is 0. The van der Waals surface area contributed by atoms with Crippen molar-refractivity contribution >= 4 is 17.5 Å². The molecule has 1 aromatic heterocycles. The van der Waals surface area contributed by atoms with Crippen LogP contribution in [-0.2, 0) is 4.74 Å². The van der Waals surface area contributed by atoms with Crippen LogP contribution in [0.3, 0.4) is 0 Å². The molecule has 2 N–H and O–H groups in total. The number of ether oxygens (including phenoxy) is 1. The lowest BCUT2D eigenvalue weighted by Crippen LogP contribution is -2.31. The van der Waals surface area contributed by atoms with Gasteiger partial charge in [0.15, 0.2) is 0 Å². The van der Waals surface area contributed by atoms with E-state index in [1.54, 1.807) is 18.2 Å². The van der Waals surface area contributed by atoms with E-state index in [-0.39, 0.29) is 23.6 Å². The minimum absolute atomic E-state index is 0.0851. The third-order valence-corrected chi connectivity index (χ3v) is 3.55. The summed E-state index contributed by atoms with van der Waals surface area (Å²) in [4.78, 5) is 20.1. The van der Waals surface area contributed by atoms with Gasteiger partial charge in [-0.1, -0.05) is 12.1 Å². The summed E-state index contributed by atoms with van der Waals surface area (Å²) in [6, 6.07) is 6.23.